The monoisotopic (exact) mass is 497 g/mol. The number of rotatable bonds is 7. The highest BCUT2D eigenvalue weighted by Gasteiger charge is 2.46. The second kappa shape index (κ2) is 9.90. The van der Waals surface area contributed by atoms with Crippen molar-refractivity contribution in [1.82, 2.24) is 4.98 Å². The minimum atomic E-state index is -0.382. The van der Waals surface area contributed by atoms with Crippen molar-refractivity contribution in [2.75, 3.05) is 0 Å². The minimum Gasteiger partial charge on any atom is -0.426 e. The molecule has 0 spiro atoms. The first-order valence-corrected chi connectivity index (χ1v) is 13.4. The number of para-hydroxylation sites is 2. The number of benzene rings is 4. The van der Waals surface area contributed by atoms with Crippen LogP contribution in [0.4, 0.5) is 0 Å². The lowest BCUT2D eigenvalue weighted by Crippen LogP contribution is -2.33. The third-order valence-electron chi connectivity index (χ3n) is 7.98. The molecule has 1 aliphatic rings. The van der Waals surface area contributed by atoms with Gasteiger partial charge in [0.25, 0.3) is 0 Å². The number of nitrogens with zero attached hydrogens (tertiary/aromatic N) is 1. The van der Waals surface area contributed by atoms with Crippen molar-refractivity contribution < 1.29 is 9.53 Å². The summed E-state index contributed by atoms with van der Waals surface area (Å²) in [5, 5.41) is 1.12. The Morgan fingerprint density at radius 1 is 0.763 bits per heavy atom. The van der Waals surface area contributed by atoms with Crippen molar-refractivity contribution >= 4 is 16.9 Å². The molecule has 3 heteroatoms. The summed E-state index contributed by atoms with van der Waals surface area (Å²) in [5.74, 6) is 0.334. The SMILES string of the molecule is CC(CC1(CC(C)c2ccccc2)c2ccccc2-c2nc3ccccc3cc21)C(=O)Oc1ccccc1. The summed E-state index contributed by atoms with van der Waals surface area (Å²) in [4.78, 5) is 18.6. The summed E-state index contributed by atoms with van der Waals surface area (Å²) in [5.41, 5.74) is 6.56. The highest BCUT2D eigenvalue weighted by molar-refractivity contribution is 5.88. The molecule has 38 heavy (non-hydrogen) atoms. The molecule has 0 amide bonds. The van der Waals surface area contributed by atoms with Crippen molar-refractivity contribution in [3.8, 4) is 17.0 Å². The van der Waals surface area contributed by atoms with Crippen molar-refractivity contribution in [3.63, 3.8) is 0 Å². The lowest BCUT2D eigenvalue weighted by Gasteiger charge is -2.36. The fourth-order valence-electron chi connectivity index (χ4n) is 6.19. The van der Waals surface area contributed by atoms with Gasteiger partial charge in [-0.15, -0.1) is 0 Å². The Kier molecular flexibility index (Phi) is 6.29. The van der Waals surface area contributed by atoms with E-state index in [1.165, 1.54) is 16.7 Å². The maximum atomic E-state index is 13.4. The molecule has 1 aromatic heterocycles. The number of carbonyl (C=O) groups is 1. The van der Waals surface area contributed by atoms with Crippen LogP contribution in [0.2, 0.25) is 0 Å². The Morgan fingerprint density at radius 3 is 2.21 bits per heavy atom. The number of carbonyl (C=O) groups excluding carboxylic acids is 1. The summed E-state index contributed by atoms with van der Waals surface area (Å²) in [6, 6.07) is 39.2. The van der Waals surface area contributed by atoms with Gasteiger partial charge in [0, 0.05) is 16.4 Å². The van der Waals surface area contributed by atoms with E-state index in [0.717, 1.165) is 28.6 Å². The maximum Gasteiger partial charge on any atom is 0.314 e. The van der Waals surface area contributed by atoms with Gasteiger partial charge in [-0.25, -0.2) is 4.98 Å². The lowest BCUT2D eigenvalue weighted by molar-refractivity contribution is -0.139. The molecule has 0 aliphatic heterocycles. The summed E-state index contributed by atoms with van der Waals surface area (Å²) >= 11 is 0. The van der Waals surface area contributed by atoms with E-state index in [0.29, 0.717) is 12.2 Å². The Bertz CT molecular complexity index is 1600. The molecule has 4 aromatic carbocycles. The van der Waals surface area contributed by atoms with E-state index in [-0.39, 0.29) is 23.2 Å². The fourth-order valence-corrected chi connectivity index (χ4v) is 6.19. The maximum absolute atomic E-state index is 13.4. The van der Waals surface area contributed by atoms with E-state index in [1.54, 1.807) is 0 Å². The van der Waals surface area contributed by atoms with Crippen molar-refractivity contribution in [1.29, 1.82) is 0 Å². The van der Waals surface area contributed by atoms with Crippen LogP contribution in [0.5, 0.6) is 5.75 Å². The zero-order valence-corrected chi connectivity index (χ0v) is 21.8. The van der Waals surface area contributed by atoms with Gasteiger partial charge in [0.05, 0.1) is 17.1 Å². The van der Waals surface area contributed by atoms with Crippen LogP contribution in [-0.4, -0.2) is 11.0 Å². The fraction of sp³-hybridized carbons (Fsp3) is 0.200. The van der Waals surface area contributed by atoms with Gasteiger partial charge in [0.2, 0.25) is 0 Å². The Hall–Kier alpha value is -4.24. The van der Waals surface area contributed by atoms with Gasteiger partial charge in [-0.2, -0.15) is 0 Å². The van der Waals surface area contributed by atoms with Gasteiger partial charge >= 0.3 is 5.97 Å². The second-order valence-electron chi connectivity index (χ2n) is 10.6. The van der Waals surface area contributed by atoms with Crippen LogP contribution in [-0.2, 0) is 10.2 Å². The highest BCUT2D eigenvalue weighted by atomic mass is 16.5. The molecule has 0 N–H and O–H groups in total. The van der Waals surface area contributed by atoms with Crippen LogP contribution in [0.1, 0.15) is 49.3 Å². The van der Waals surface area contributed by atoms with E-state index >= 15 is 0 Å². The predicted molar refractivity (Wildman–Crippen MR) is 153 cm³/mol. The van der Waals surface area contributed by atoms with Gasteiger partial charge in [-0.05, 0) is 59.7 Å². The summed E-state index contributed by atoms with van der Waals surface area (Å²) in [6.45, 7) is 4.29. The largest absolute Gasteiger partial charge is 0.426 e. The quantitative estimate of drug-likeness (QED) is 0.168. The molecule has 0 saturated carbocycles. The zero-order chi connectivity index (χ0) is 26.1. The van der Waals surface area contributed by atoms with Crippen LogP contribution < -0.4 is 4.74 Å². The Morgan fingerprint density at radius 2 is 1.42 bits per heavy atom. The number of fused-ring (bicyclic) bond motifs is 4. The van der Waals surface area contributed by atoms with Crippen LogP contribution in [0.25, 0.3) is 22.2 Å². The lowest BCUT2D eigenvalue weighted by atomic mass is 9.66. The molecule has 3 nitrogen and oxygen atoms in total. The summed E-state index contributed by atoms with van der Waals surface area (Å²) in [7, 11) is 0. The standard InChI is InChI=1S/C35H31NO2/c1-24(26-13-5-3-6-14-26)22-35(23-25(2)34(37)38-28-16-7-4-8-17-28)30-19-11-10-18-29(30)33-31(35)21-27-15-9-12-20-32(27)36-33/h3-21,24-25H,22-23H2,1-2H3. The normalized spacial score (nSPS) is 17.4. The van der Waals surface area contributed by atoms with Crippen LogP contribution in [0.3, 0.4) is 0 Å². The third kappa shape index (κ3) is 4.28. The minimum absolute atomic E-state index is 0.206. The molecule has 188 valence electrons. The molecule has 1 aliphatic carbocycles. The number of hydrogen-bond acceptors (Lipinski definition) is 3. The van der Waals surface area contributed by atoms with Gasteiger partial charge < -0.3 is 4.74 Å². The average Bonchev–Trinajstić information content (AvgIpc) is 3.21. The number of hydrogen-bond donors (Lipinski definition) is 0. The van der Waals surface area contributed by atoms with Crippen molar-refractivity contribution in [2.24, 2.45) is 5.92 Å². The molecule has 3 atom stereocenters. The molecule has 3 unspecified atom stereocenters. The Balaban J connectivity index is 1.48. The molecule has 0 saturated heterocycles. The van der Waals surface area contributed by atoms with Crippen molar-refractivity contribution in [3.05, 3.63) is 132 Å². The van der Waals surface area contributed by atoms with E-state index in [2.05, 4.69) is 85.8 Å². The molecular weight excluding hydrogens is 466 g/mol. The number of ether oxygens (including phenoxy) is 1. The molecule has 1 heterocycles. The van der Waals surface area contributed by atoms with E-state index in [4.69, 9.17) is 9.72 Å². The zero-order valence-electron chi connectivity index (χ0n) is 21.8. The van der Waals surface area contributed by atoms with Crippen molar-refractivity contribution in [2.45, 2.75) is 38.0 Å². The Labute approximate surface area is 224 Å². The number of esters is 1. The van der Waals surface area contributed by atoms with Crippen LogP contribution >= 0.6 is 0 Å². The van der Waals surface area contributed by atoms with Gasteiger partial charge in [0.1, 0.15) is 5.75 Å². The smallest absolute Gasteiger partial charge is 0.314 e. The first-order chi connectivity index (χ1) is 18.5. The first-order valence-electron chi connectivity index (χ1n) is 13.4. The van der Waals surface area contributed by atoms with Gasteiger partial charge in [-0.1, -0.05) is 105 Å². The van der Waals surface area contributed by atoms with Crippen LogP contribution in [0, 0.1) is 5.92 Å². The first kappa shape index (κ1) is 24.1. The van der Waals surface area contributed by atoms with Crippen LogP contribution in [0.15, 0.2) is 115 Å². The second-order valence-corrected chi connectivity index (χ2v) is 10.6. The van der Waals surface area contributed by atoms with E-state index in [1.807, 2.05) is 43.3 Å². The third-order valence-corrected chi connectivity index (χ3v) is 7.98. The summed E-state index contributed by atoms with van der Waals surface area (Å²) < 4.78 is 5.81. The highest BCUT2D eigenvalue weighted by Crippen LogP contribution is 2.55. The van der Waals surface area contributed by atoms with Gasteiger partial charge in [0.15, 0.2) is 0 Å². The predicted octanol–water partition coefficient (Wildman–Crippen LogP) is 8.33. The molecule has 5 aromatic rings. The summed E-state index contributed by atoms with van der Waals surface area (Å²) in [6.07, 6.45) is 1.50. The number of aromatic nitrogens is 1. The molecule has 0 bridgehead atoms. The van der Waals surface area contributed by atoms with Gasteiger partial charge in [-0.3, -0.25) is 4.79 Å². The molecule has 6 rings (SSSR count). The number of pyridine rings is 1. The molecule has 0 fully saturated rings. The molecular formula is C35H31NO2. The van der Waals surface area contributed by atoms with E-state index < -0.39 is 0 Å². The molecule has 0 radical (unpaired) electrons. The topological polar surface area (TPSA) is 39.2 Å². The van der Waals surface area contributed by atoms with E-state index in [9.17, 15) is 4.79 Å². The average molecular weight is 498 g/mol.